The smallest absolute Gasteiger partial charge is 0.333 e. The number of methoxy groups -OCH3 is 1. The zero-order chi connectivity index (χ0) is 22.1. The molecule has 0 bridgehead atoms. The van der Waals surface area contributed by atoms with E-state index in [-0.39, 0.29) is 28.8 Å². The summed E-state index contributed by atoms with van der Waals surface area (Å²) in [5, 5.41) is 2.78. The normalized spacial score (nSPS) is 10.9. The van der Waals surface area contributed by atoms with Crippen molar-refractivity contribution >= 4 is 16.9 Å². The predicted octanol–water partition coefficient (Wildman–Crippen LogP) is 2.10. The van der Waals surface area contributed by atoms with E-state index in [9.17, 15) is 18.8 Å². The van der Waals surface area contributed by atoms with Crippen molar-refractivity contribution < 1.29 is 13.9 Å². The van der Waals surface area contributed by atoms with E-state index in [4.69, 9.17) is 4.74 Å². The average molecular weight is 422 g/mol. The monoisotopic (exact) mass is 422 g/mol. The van der Waals surface area contributed by atoms with Crippen LogP contribution < -0.4 is 21.3 Å². The number of aromatic nitrogens is 3. The molecule has 8 nitrogen and oxygen atoms in total. The summed E-state index contributed by atoms with van der Waals surface area (Å²) in [5.74, 6) is -0.301. The molecule has 0 unspecified atom stereocenters. The van der Waals surface area contributed by atoms with Crippen LogP contribution in [0.3, 0.4) is 0 Å². The van der Waals surface area contributed by atoms with Crippen LogP contribution in [0, 0.1) is 5.82 Å². The van der Waals surface area contributed by atoms with E-state index in [2.05, 4.69) is 10.3 Å². The Hall–Kier alpha value is -4.14. The number of para-hydroxylation sites is 1. The first-order valence-electron chi connectivity index (χ1n) is 9.41. The van der Waals surface area contributed by atoms with Crippen LogP contribution in [0.25, 0.3) is 16.7 Å². The number of benzene rings is 2. The maximum absolute atomic E-state index is 13.2. The van der Waals surface area contributed by atoms with Crippen molar-refractivity contribution in [2.75, 3.05) is 7.11 Å². The van der Waals surface area contributed by atoms with Gasteiger partial charge in [-0.3, -0.25) is 9.59 Å². The summed E-state index contributed by atoms with van der Waals surface area (Å²) in [4.78, 5) is 41.1. The summed E-state index contributed by atoms with van der Waals surface area (Å²) < 4.78 is 20.9. The molecule has 31 heavy (non-hydrogen) atoms. The van der Waals surface area contributed by atoms with Crippen molar-refractivity contribution in [1.82, 2.24) is 19.4 Å². The number of nitrogens with zero attached hydrogens (tertiary/aromatic N) is 2. The summed E-state index contributed by atoms with van der Waals surface area (Å²) >= 11 is 0. The van der Waals surface area contributed by atoms with Gasteiger partial charge in [0, 0.05) is 25.4 Å². The molecule has 0 aliphatic carbocycles. The van der Waals surface area contributed by atoms with Gasteiger partial charge < -0.3 is 19.6 Å². The van der Waals surface area contributed by atoms with Crippen LogP contribution in [0.5, 0.6) is 5.75 Å². The largest absolute Gasteiger partial charge is 0.496 e. The Morgan fingerprint density at radius 3 is 2.55 bits per heavy atom. The molecule has 0 saturated carbocycles. The Kier molecular flexibility index (Phi) is 5.16. The van der Waals surface area contributed by atoms with E-state index >= 15 is 0 Å². The quantitative estimate of drug-likeness (QED) is 0.515. The molecule has 4 rings (SSSR count). The SMILES string of the molecule is COc1ccccc1CNC(=O)c1cn(C)c2c(=O)n(-c3ccc(F)cc3)c(=O)[nH]c12. The standard InChI is InChI=1S/C22H19FN4O4/c1-26-12-16(20(28)24-11-13-5-3-4-6-17(13)31-2)18-19(26)21(29)27(22(30)25-18)15-9-7-14(23)8-10-15/h3-10,12H,11H2,1-2H3,(H,24,28)(H,25,30). The molecule has 2 aromatic carbocycles. The number of fused-ring (bicyclic) bond motifs is 1. The second-order valence-corrected chi connectivity index (χ2v) is 6.92. The highest BCUT2D eigenvalue weighted by Crippen LogP contribution is 2.18. The first-order valence-corrected chi connectivity index (χ1v) is 9.41. The summed E-state index contributed by atoms with van der Waals surface area (Å²) in [6.07, 6.45) is 1.48. The summed E-state index contributed by atoms with van der Waals surface area (Å²) in [7, 11) is 3.15. The number of ether oxygens (including phenoxy) is 1. The highest BCUT2D eigenvalue weighted by Gasteiger charge is 2.20. The molecular weight excluding hydrogens is 403 g/mol. The maximum Gasteiger partial charge on any atom is 0.333 e. The molecule has 0 fully saturated rings. The maximum atomic E-state index is 13.2. The van der Waals surface area contributed by atoms with Crippen LogP contribution in [-0.4, -0.2) is 27.1 Å². The third kappa shape index (κ3) is 3.61. The second kappa shape index (κ2) is 7.94. The fraction of sp³-hybridized carbons (Fsp3) is 0.136. The fourth-order valence-corrected chi connectivity index (χ4v) is 3.49. The van der Waals surface area contributed by atoms with Crippen LogP contribution in [0.15, 0.2) is 64.3 Å². The Labute approximate surface area is 175 Å². The number of amides is 1. The molecule has 0 atom stereocenters. The van der Waals surface area contributed by atoms with Crippen LogP contribution in [-0.2, 0) is 13.6 Å². The number of carbonyl (C=O) groups excluding carboxylic acids is 1. The van der Waals surface area contributed by atoms with Crippen molar-refractivity contribution in [2.24, 2.45) is 7.05 Å². The van der Waals surface area contributed by atoms with E-state index in [1.165, 1.54) is 22.9 Å². The molecule has 4 aromatic rings. The minimum absolute atomic E-state index is 0.133. The molecule has 1 amide bonds. The lowest BCUT2D eigenvalue weighted by Crippen LogP contribution is -2.34. The van der Waals surface area contributed by atoms with Gasteiger partial charge in [0.25, 0.3) is 11.5 Å². The van der Waals surface area contributed by atoms with Crippen LogP contribution in [0.4, 0.5) is 4.39 Å². The van der Waals surface area contributed by atoms with Gasteiger partial charge in [0.2, 0.25) is 0 Å². The van der Waals surface area contributed by atoms with Gasteiger partial charge in [0.05, 0.1) is 23.9 Å². The average Bonchev–Trinajstić information content (AvgIpc) is 3.09. The third-order valence-corrected chi connectivity index (χ3v) is 4.98. The number of aromatic amines is 1. The fourth-order valence-electron chi connectivity index (χ4n) is 3.49. The van der Waals surface area contributed by atoms with E-state index in [1.807, 2.05) is 18.2 Å². The van der Waals surface area contributed by atoms with Crippen LogP contribution in [0.2, 0.25) is 0 Å². The van der Waals surface area contributed by atoms with Gasteiger partial charge in [-0.05, 0) is 30.3 Å². The van der Waals surface area contributed by atoms with E-state index < -0.39 is 23.0 Å². The number of nitrogens with one attached hydrogen (secondary N) is 2. The summed E-state index contributed by atoms with van der Waals surface area (Å²) in [6.45, 7) is 0.204. The molecule has 0 spiro atoms. The number of carbonyl (C=O) groups is 1. The lowest BCUT2D eigenvalue weighted by molar-refractivity contribution is 0.0952. The van der Waals surface area contributed by atoms with Gasteiger partial charge in [-0.15, -0.1) is 0 Å². The van der Waals surface area contributed by atoms with Gasteiger partial charge in [-0.2, -0.15) is 0 Å². The van der Waals surface area contributed by atoms with Crippen molar-refractivity contribution in [3.63, 3.8) is 0 Å². The van der Waals surface area contributed by atoms with Gasteiger partial charge in [-0.1, -0.05) is 18.2 Å². The highest BCUT2D eigenvalue weighted by molar-refractivity contribution is 6.05. The van der Waals surface area contributed by atoms with Crippen molar-refractivity contribution in [2.45, 2.75) is 6.54 Å². The second-order valence-electron chi connectivity index (χ2n) is 6.92. The molecular formula is C22H19FN4O4. The van der Waals surface area contributed by atoms with Gasteiger partial charge in [-0.25, -0.2) is 13.8 Å². The first kappa shape index (κ1) is 20.1. The van der Waals surface area contributed by atoms with Crippen molar-refractivity contribution in [3.8, 4) is 11.4 Å². The first-order chi connectivity index (χ1) is 14.9. The topological polar surface area (TPSA) is 98.1 Å². The molecule has 0 aliphatic heterocycles. The van der Waals surface area contributed by atoms with Gasteiger partial charge in [0.15, 0.2) is 0 Å². The van der Waals surface area contributed by atoms with Gasteiger partial charge >= 0.3 is 5.69 Å². The summed E-state index contributed by atoms with van der Waals surface area (Å²) in [5.41, 5.74) is 0.0991. The number of hydrogen-bond acceptors (Lipinski definition) is 4. The summed E-state index contributed by atoms with van der Waals surface area (Å²) in [6, 6.07) is 12.3. The lowest BCUT2D eigenvalue weighted by Gasteiger charge is -2.09. The zero-order valence-electron chi connectivity index (χ0n) is 16.8. The highest BCUT2D eigenvalue weighted by atomic mass is 19.1. The molecule has 2 N–H and O–H groups in total. The molecule has 2 aromatic heterocycles. The number of aryl methyl sites for hydroxylation is 1. The van der Waals surface area contributed by atoms with Crippen molar-refractivity contribution in [1.29, 1.82) is 0 Å². The molecule has 0 radical (unpaired) electrons. The van der Waals surface area contributed by atoms with E-state index in [0.717, 1.165) is 22.3 Å². The van der Waals surface area contributed by atoms with E-state index in [1.54, 1.807) is 20.2 Å². The van der Waals surface area contributed by atoms with Crippen molar-refractivity contribution in [3.05, 3.63) is 92.5 Å². The van der Waals surface area contributed by atoms with E-state index in [0.29, 0.717) is 5.75 Å². The predicted molar refractivity (Wildman–Crippen MR) is 113 cm³/mol. The van der Waals surface area contributed by atoms with Crippen LogP contribution >= 0.6 is 0 Å². The Morgan fingerprint density at radius 2 is 1.84 bits per heavy atom. The molecule has 0 saturated heterocycles. The Morgan fingerprint density at radius 1 is 1.13 bits per heavy atom. The minimum Gasteiger partial charge on any atom is -0.496 e. The number of H-pyrrole nitrogens is 1. The Bertz CT molecular complexity index is 1400. The van der Waals surface area contributed by atoms with Crippen LogP contribution in [0.1, 0.15) is 15.9 Å². The zero-order valence-corrected chi connectivity index (χ0v) is 16.8. The Balaban J connectivity index is 1.73. The minimum atomic E-state index is -0.728. The van der Waals surface area contributed by atoms with Gasteiger partial charge in [0.1, 0.15) is 17.1 Å². The lowest BCUT2D eigenvalue weighted by atomic mass is 10.2. The number of halogens is 1. The molecule has 9 heteroatoms. The molecule has 158 valence electrons. The molecule has 2 heterocycles. The molecule has 0 aliphatic rings. The number of hydrogen-bond donors (Lipinski definition) is 2. The third-order valence-electron chi connectivity index (χ3n) is 4.98. The number of rotatable bonds is 5.